The second-order valence-corrected chi connectivity index (χ2v) is 3.73. The van der Waals surface area contributed by atoms with Crippen molar-refractivity contribution in [3.8, 4) is 0 Å². The molecule has 1 fully saturated rings. The lowest BCUT2D eigenvalue weighted by atomic mass is 10.4. The minimum Gasteiger partial charge on any atom is -0.466 e. The van der Waals surface area contributed by atoms with E-state index in [1.54, 1.807) is 0 Å². The maximum atomic E-state index is 10.9. The van der Waals surface area contributed by atoms with Crippen LogP contribution in [0, 0.1) is 0 Å². The van der Waals surface area contributed by atoms with E-state index in [1.165, 1.54) is 13.2 Å². The molecule has 0 saturated carbocycles. The van der Waals surface area contributed by atoms with Gasteiger partial charge in [0.05, 0.1) is 20.3 Å². The molecule has 1 N–H and O–H groups in total. The summed E-state index contributed by atoms with van der Waals surface area (Å²) in [5.41, 5.74) is 0.833. The van der Waals surface area contributed by atoms with Gasteiger partial charge in [-0.1, -0.05) is 0 Å². The van der Waals surface area contributed by atoms with Crippen molar-refractivity contribution in [1.82, 2.24) is 10.2 Å². The number of nitrogens with one attached hydrogen (secondary N) is 1. The molecule has 0 amide bonds. The Morgan fingerprint density at radius 2 is 2.19 bits per heavy atom. The second kappa shape index (κ2) is 7.24. The van der Waals surface area contributed by atoms with Crippen LogP contribution in [0.2, 0.25) is 0 Å². The van der Waals surface area contributed by atoms with Crippen molar-refractivity contribution in [2.75, 3.05) is 46.5 Å². The lowest BCUT2D eigenvalue weighted by molar-refractivity contribution is -0.134. The molecule has 0 aromatic carbocycles. The molecular formula is C11H20N2O3. The predicted octanol–water partition coefficient (Wildman–Crippen LogP) is -0.0150. The number of morpholine rings is 1. The van der Waals surface area contributed by atoms with Crippen molar-refractivity contribution in [3.63, 3.8) is 0 Å². The quantitative estimate of drug-likeness (QED) is 0.529. The number of ether oxygens (including phenoxy) is 2. The molecule has 0 aliphatic carbocycles. The van der Waals surface area contributed by atoms with Gasteiger partial charge in [-0.05, 0) is 6.92 Å². The third-order valence-electron chi connectivity index (χ3n) is 2.47. The van der Waals surface area contributed by atoms with Gasteiger partial charge < -0.3 is 14.8 Å². The average molecular weight is 228 g/mol. The molecule has 1 aliphatic heterocycles. The summed E-state index contributed by atoms with van der Waals surface area (Å²) in [5.74, 6) is -0.323. The Balaban J connectivity index is 2.14. The predicted molar refractivity (Wildman–Crippen MR) is 61.0 cm³/mol. The molecule has 0 bridgehead atoms. The Bertz CT molecular complexity index is 248. The summed E-state index contributed by atoms with van der Waals surface area (Å²) in [6.45, 7) is 7.27. The second-order valence-electron chi connectivity index (χ2n) is 3.73. The van der Waals surface area contributed by atoms with Crippen LogP contribution in [-0.4, -0.2) is 57.4 Å². The fourth-order valence-corrected chi connectivity index (χ4v) is 1.52. The Morgan fingerprint density at radius 1 is 1.50 bits per heavy atom. The minimum atomic E-state index is -0.323. The number of allylic oxidation sites excluding steroid dienone is 1. The van der Waals surface area contributed by atoms with Crippen LogP contribution in [0.3, 0.4) is 0 Å². The van der Waals surface area contributed by atoms with E-state index in [1.807, 2.05) is 6.92 Å². The number of carbonyl (C=O) groups is 1. The van der Waals surface area contributed by atoms with Gasteiger partial charge in [0.25, 0.3) is 0 Å². The zero-order valence-electron chi connectivity index (χ0n) is 9.99. The van der Waals surface area contributed by atoms with Gasteiger partial charge in [-0.2, -0.15) is 0 Å². The van der Waals surface area contributed by atoms with E-state index in [4.69, 9.17) is 4.74 Å². The van der Waals surface area contributed by atoms with Gasteiger partial charge in [-0.3, -0.25) is 4.90 Å². The highest BCUT2D eigenvalue weighted by Gasteiger charge is 2.08. The molecule has 0 aromatic rings. The first-order chi connectivity index (χ1) is 7.72. The van der Waals surface area contributed by atoms with Gasteiger partial charge in [0.1, 0.15) is 0 Å². The van der Waals surface area contributed by atoms with Crippen molar-refractivity contribution in [3.05, 3.63) is 11.8 Å². The molecule has 1 aliphatic rings. The van der Waals surface area contributed by atoms with Gasteiger partial charge in [-0.25, -0.2) is 4.79 Å². The molecule has 0 spiro atoms. The van der Waals surface area contributed by atoms with E-state index in [2.05, 4.69) is 15.0 Å². The zero-order chi connectivity index (χ0) is 11.8. The smallest absolute Gasteiger partial charge is 0.332 e. The standard InChI is InChI=1S/C11H20N2O3/c1-10(9-11(14)15-2)12-3-4-13-5-7-16-8-6-13/h9,12H,3-8H2,1-2H3/b10-9-. The SMILES string of the molecule is COC(=O)/C=C(/C)NCCN1CCOCC1. The van der Waals surface area contributed by atoms with Gasteiger partial charge in [0.2, 0.25) is 0 Å². The van der Waals surface area contributed by atoms with E-state index in [0.29, 0.717) is 0 Å². The molecule has 1 heterocycles. The molecule has 0 aromatic heterocycles. The number of hydrogen-bond acceptors (Lipinski definition) is 5. The van der Waals surface area contributed by atoms with Crippen molar-refractivity contribution in [2.24, 2.45) is 0 Å². The van der Waals surface area contributed by atoms with Crippen LogP contribution in [0.4, 0.5) is 0 Å². The molecular weight excluding hydrogens is 208 g/mol. The monoisotopic (exact) mass is 228 g/mol. The first kappa shape index (κ1) is 13.0. The van der Waals surface area contributed by atoms with E-state index < -0.39 is 0 Å². The third-order valence-corrected chi connectivity index (χ3v) is 2.47. The molecule has 5 heteroatoms. The first-order valence-electron chi connectivity index (χ1n) is 5.52. The number of nitrogens with zero attached hydrogens (tertiary/aromatic N) is 1. The van der Waals surface area contributed by atoms with Crippen LogP contribution < -0.4 is 5.32 Å². The summed E-state index contributed by atoms with van der Waals surface area (Å²) in [4.78, 5) is 13.3. The summed E-state index contributed by atoms with van der Waals surface area (Å²) in [6.07, 6.45) is 1.46. The van der Waals surface area contributed by atoms with Gasteiger partial charge >= 0.3 is 5.97 Å². The van der Waals surface area contributed by atoms with Gasteiger partial charge in [0, 0.05) is 38.0 Å². The molecule has 1 saturated heterocycles. The average Bonchev–Trinajstić information content (AvgIpc) is 2.30. The van der Waals surface area contributed by atoms with Crippen LogP contribution in [-0.2, 0) is 14.3 Å². The Morgan fingerprint density at radius 3 is 2.81 bits per heavy atom. The summed E-state index contributed by atoms with van der Waals surface area (Å²) in [7, 11) is 1.37. The normalized spacial score (nSPS) is 18.2. The molecule has 92 valence electrons. The Kier molecular flexibility index (Phi) is 5.88. The van der Waals surface area contributed by atoms with Crippen molar-refractivity contribution in [1.29, 1.82) is 0 Å². The third kappa shape index (κ3) is 5.14. The summed E-state index contributed by atoms with van der Waals surface area (Å²) in [6, 6.07) is 0. The number of hydrogen-bond donors (Lipinski definition) is 1. The summed E-state index contributed by atoms with van der Waals surface area (Å²) >= 11 is 0. The number of rotatable bonds is 5. The molecule has 0 radical (unpaired) electrons. The first-order valence-corrected chi connectivity index (χ1v) is 5.52. The zero-order valence-corrected chi connectivity index (χ0v) is 9.99. The highest BCUT2D eigenvalue weighted by molar-refractivity contribution is 5.82. The molecule has 1 rings (SSSR count). The van der Waals surface area contributed by atoms with Crippen molar-refractivity contribution >= 4 is 5.97 Å². The largest absolute Gasteiger partial charge is 0.466 e. The maximum Gasteiger partial charge on any atom is 0.332 e. The summed E-state index contributed by atoms with van der Waals surface area (Å²) < 4.78 is 9.79. The highest BCUT2D eigenvalue weighted by Crippen LogP contribution is 1.95. The highest BCUT2D eigenvalue weighted by atomic mass is 16.5. The van der Waals surface area contributed by atoms with Crippen LogP contribution in [0.25, 0.3) is 0 Å². The van der Waals surface area contributed by atoms with E-state index >= 15 is 0 Å². The van der Waals surface area contributed by atoms with E-state index in [0.717, 1.165) is 45.1 Å². The van der Waals surface area contributed by atoms with Crippen LogP contribution in [0.5, 0.6) is 0 Å². The van der Waals surface area contributed by atoms with Gasteiger partial charge in [-0.15, -0.1) is 0 Å². The maximum absolute atomic E-state index is 10.9. The van der Waals surface area contributed by atoms with E-state index in [-0.39, 0.29) is 5.97 Å². The number of carbonyl (C=O) groups excluding carboxylic acids is 1. The lowest BCUT2D eigenvalue weighted by Gasteiger charge is -2.26. The van der Waals surface area contributed by atoms with Gasteiger partial charge in [0.15, 0.2) is 0 Å². The Labute approximate surface area is 96.4 Å². The molecule has 5 nitrogen and oxygen atoms in total. The fourth-order valence-electron chi connectivity index (χ4n) is 1.52. The molecule has 0 atom stereocenters. The number of esters is 1. The van der Waals surface area contributed by atoms with Crippen molar-refractivity contribution in [2.45, 2.75) is 6.92 Å². The van der Waals surface area contributed by atoms with E-state index in [9.17, 15) is 4.79 Å². The minimum absolute atomic E-state index is 0.323. The lowest BCUT2D eigenvalue weighted by Crippen LogP contribution is -2.40. The van der Waals surface area contributed by atoms with Crippen LogP contribution >= 0.6 is 0 Å². The summed E-state index contributed by atoms with van der Waals surface area (Å²) in [5, 5.41) is 3.17. The topological polar surface area (TPSA) is 50.8 Å². The number of methoxy groups -OCH3 is 1. The van der Waals surface area contributed by atoms with Crippen molar-refractivity contribution < 1.29 is 14.3 Å². The van der Waals surface area contributed by atoms with Crippen LogP contribution in [0.1, 0.15) is 6.92 Å². The Hall–Kier alpha value is -1.07. The molecule has 16 heavy (non-hydrogen) atoms. The fraction of sp³-hybridized carbons (Fsp3) is 0.727. The molecule has 0 unspecified atom stereocenters. The van der Waals surface area contributed by atoms with Crippen LogP contribution in [0.15, 0.2) is 11.8 Å².